The Balaban J connectivity index is 1.86. The third-order valence-electron chi connectivity index (χ3n) is 4.48. The smallest absolute Gasteiger partial charge is 0.178 e. The van der Waals surface area contributed by atoms with E-state index in [-0.39, 0.29) is 11.0 Å². The van der Waals surface area contributed by atoms with Gasteiger partial charge < -0.3 is 9.55 Å². The molecule has 0 aliphatic rings. The van der Waals surface area contributed by atoms with E-state index >= 15 is 0 Å². The van der Waals surface area contributed by atoms with Crippen molar-refractivity contribution in [2.45, 2.75) is 51.6 Å². The highest BCUT2D eigenvalue weighted by Gasteiger charge is 2.23. The van der Waals surface area contributed by atoms with Gasteiger partial charge in [0.2, 0.25) is 0 Å². The predicted octanol–water partition coefficient (Wildman–Crippen LogP) is 5.00. The molecule has 0 fully saturated rings. The molecule has 0 aliphatic heterocycles. The minimum atomic E-state index is -0.189. The lowest BCUT2D eigenvalue weighted by Gasteiger charge is -2.14. The van der Waals surface area contributed by atoms with Gasteiger partial charge in [0.05, 0.1) is 10.9 Å². The number of hydrogen-bond donors (Lipinski definition) is 1. The second kappa shape index (κ2) is 7.08. The molecule has 132 valence electrons. The highest BCUT2D eigenvalue weighted by atomic mass is 32.2. The van der Waals surface area contributed by atoms with E-state index in [1.165, 1.54) is 5.69 Å². The number of H-pyrrole nitrogens is 1. The number of nitrogens with one attached hydrogen (secondary N) is 1. The number of carbonyl (C=O) groups excluding carboxylic acids is 1. The minimum absolute atomic E-state index is 0.136. The van der Waals surface area contributed by atoms with Crippen LogP contribution >= 0.6 is 11.8 Å². The number of aromatic nitrogens is 3. The fourth-order valence-electron chi connectivity index (χ4n) is 3.00. The fraction of sp³-hybridized carbons (Fsp3) is 0.400. The van der Waals surface area contributed by atoms with Gasteiger partial charge in [-0.15, -0.1) is 0 Å². The third kappa shape index (κ3) is 3.52. The van der Waals surface area contributed by atoms with Gasteiger partial charge in [-0.25, -0.2) is 4.98 Å². The van der Waals surface area contributed by atoms with E-state index in [4.69, 9.17) is 4.98 Å². The largest absolute Gasteiger partial charge is 0.360 e. The molecule has 1 N–H and O–H groups in total. The molecule has 2 aromatic heterocycles. The molecule has 1 atom stereocenters. The lowest BCUT2D eigenvalue weighted by atomic mass is 10.1. The van der Waals surface area contributed by atoms with Gasteiger partial charge in [-0.2, -0.15) is 0 Å². The Morgan fingerprint density at radius 1 is 1.24 bits per heavy atom. The highest BCUT2D eigenvalue weighted by Crippen LogP contribution is 2.29. The lowest BCUT2D eigenvalue weighted by Crippen LogP contribution is -2.15. The average molecular weight is 356 g/mol. The first-order valence-corrected chi connectivity index (χ1v) is 9.57. The number of aromatic amines is 1. The van der Waals surface area contributed by atoms with Crippen molar-refractivity contribution in [1.82, 2.24) is 14.5 Å². The van der Waals surface area contributed by atoms with Gasteiger partial charge >= 0.3 is 0 Å². The molecule has 3 rings (SSSR count). The first kappa shape index (κ1) is 17.8. The van der Waals surface area contributed by atoms with Crippen LogP contribution in [0.3, 0.4) is 0 Å². The summed E-state index contributed by atoms with van der Waals surface area (Å²) >= 11 is 1.55. The minimum Gasteiger partial charge on any atom is -0.360 e. The third-order valence-corrected chi connectivity index (χ3v) is 5.57. The normalized spacial score (nSPS) is 12.9. The van der Waals surface area contributed by atoms with Crippen LogP contribution in [0.25, 0.3) is 10.9 Å². The molecule has 1 aromatic carbocycles. The maximum Gasteiger partial charge on any atom is 0.178 e. The number of para-hydroxylation sites is 1. The monoisotopic (exact) mass is 355 g/mol. The van der Waals surface area contributed by atoms with Crippen LogP contribution in [0.1, 0.15) is 42.5 Å². The molecular formula is C20H25N3OS. The molecule has 0 aliphatic carbocycles. The van der Waals surface area contributed by atoms with Crippen molar-refractivity contribution in [2.75, 3.05) is 0 Å². The van der Waals surface area contributed by atoms with Crippen molar-refractivity contribution >= 4 is 28.4 Å². The fourth-order valence-corrected chi connectivity index (χ4v) is 4.08. The zero-order chi connectivity index (χ0) is 18.1. The quantitative estimate of drug-likeness (QED) is 0.500. The van der Waals surface area contributed by atoms with Gasteiger partial charge in [0.1, 0.15) is 0 Å². The summed E-state index contributed by atoms with van der Waals surface area (Å²) in [6.07, 6.45) is 1.82. The molecule has 3 aromatic rings. The first-order chi connectivity index (χ1) is 11.9. The first-order valence-electron chi connectivity index (χ1n) is 8.69. The highest BCUT2D eigenvalue weighted by molar-refractivity contribution is 8.00. The van der Waals surface area contributed by atoms with Crippen LogP contribution in [0.15, 0.2) is 35.6 Å². The van der Waals surface area contributed by atoms with Crippen molar-refractivity contribution in [2.24, 2.45) is 5.92 Å². The van der Waals surface area contributed by atoms with E-state index in [0.717, 1.165) is 33.9 Å². The topological polar surface area (TPSA) is 50.7 Å². The molecule has 1 unspecified atom stereocenters. The Labute approximate surface area is 153 Å². The molecular weight excluding hydrogens is 330 g/mol. The molecule has 0 bridgehead atoms. The van der Waals surface area contributed by atoms with Crippen molar-refractivity contribution in [3.05, 3.63) is 47.4 Å². The number of ketones is 1. The van der Waals surface area contributed by atoms with Gasteiger partial charge in [-0.05, 0) is 32.8 Å². The van der Waals surface area contributed by atoms with Gasteiger partial charge in [0, 0.05) is 34.9 Å². The van der Waals surface area contributed by atoms with Crippen LogP contribution in [-0.2, 0) is 6.54 Å². The van der Waals surface area contributed by atoms with Crippen LogP contribution in [0, 0.1) is 19.8 Å². The Morgan fingerprint density at radius 3 is 2.68 bits per heavy atom. The zero-order valence-electron chi connectivity index (χ0n) is 15.5. The van der Waals surface area contributed by atoms with Crippen LogP contribution in [0.5, 0.6) is 0 Å². The number of benzene rings is 1. The van der Waals surface area contributed by atoms with Crippen molar-refractivity contribution in [3.8, 4) is 0 Å². The molecule has 0 saturated carbocycles. The molecule has 0 saturated heterocycles. The summed E-state index contributed by atoms with van der Waals surface area (Å²) in [6.45, 7) is 11.4. The van der Waals surface area contributed by atoms with E-state index in [1.54, 1.807) is 11.8 Å². The van der Waals surface area contributed by atoms with Gasteiger partial charge in [-0.3, -0.25) is 4.79 Å². The summed E-state index contributed by atoms with van der Waals surface area (Å²) in [5.41, 5.74) is 3.97. The average Bonchev–Trinajstić information content (AvgIpc) is 3.11. The van der Waals surface area contributed by atoms with Crippen molar-refractivity contribution < 1.29 is 4.79 Å². The van der Waals surface area contributed by atoms with Crippen LogP contribution in [-0.4, -0.2) is 25.6 Å². The summed E-state index contributed by atoms with van der Waals surface area (Å²) < 4.78 is 2.24. The van der Waals surface area contributed by atoms with E-state index in [1.807, 2.05) is 44.3 Å². The summed E-state index contributed by atoms with van der Waals surface area (Å²) in [6, 6.07) is 7.92. The number of carbonyl (C=O) groups is 1. The van der Waals surface area contributed by atoms with Gasteiger partial charge in [0.15, 0.2) is 10.9 Å². The van der Waals surface area contributed by atoms with Gasteiger partial charge in [-0.1, -0.05) is 43.8 Å². The molecule has 0 amide bonds. The second-order valence-electron chi connectivity index (χ2n) is 6.94. The molecule has 4 nitrogen and oxygen atoms in total. The molecule has 0 radical (unpaired) electrons. The molecule has 5 heteroatoms. The van der Waals surface area contributed by atoms with Crippen LogP contribution in [0.2, 0.25) is 0 Å². The summed E-state index contributed by atoms with van der Waals surface area (Å²) in [5, 5.41) is 1.73. The molecule has 25 heavy (non-hydrogen) atoms. The van der Waals surface area contributed by atoms with Crippen molar-refractivity contribution in [1.29, 1.82) is 0 Å². The maximum absolute atomic E-state index is 13.0. The van der Waals surface area contributed by atoms with Crippen molar-refractivity contribution in [3.63, 3.8) is 0 Å². The van der Waals surface area contributed by atoms with E-state index in [9.17, 15) is 4.79 Å². The second-order valence-corrected chi connectivity index (χ2v) is 8.25. The lowest BCUT2D eigenvalue weighted by molar-refractivity contribution is 0.0995. The summed E-state index contributed by atoms with van der Waals surface area (Å²) in [7, 11) is 0. The zero-order valence-corrected chi connectivity index (χ0v) is 16.3. The SMILES string of the molecule is Cc1nc(SC(C)C(=O)c2c[nH]c3ccccc23)n(CC(C)C)c1C. The van der Waals surface area contributed by atoms with E-state index in [0.29, 0.717) is 5.92 Å². The van der Waals surface area contributed by atoms with E-state index in [2.05, 4.69) is 30.3 Å². The standard InChI is InChI=1S/C20H25N3OS/c1-12(2)11-23-14(4)13(3)22-20(23)25-15(5)19(24)17-10-21-18-9-7-6-8-16(17)18/h6-10,12,15,21H,11H2,1-5H3. The molecule has 2 heterocycles. The number of hydrogen-bond acceptors (Lipinski definition) is 3. The number of aryl methyl sites for hydroxylation is 1. The number of nitrogens with zero attached hydrogens (tertiary/aromatic N) is 2. The Bertz CT molecular complexity index is 907. The summed E-state index contributed by atoms with van der Waals surface area (Å²) in [5.74, 6) is 0.670. The predicted molar refractivity (Wildman–Crippen MR) is 104 cm³/mol. The summed E-state index contributed by atoms with van der Waals surface area (Å²) in [4.78, 5) is 20.9. The van der Waals surface area contributed by atoms with Crippen LogP contribution in [0.4, 0.5) is 0 Å². The number of rotatable bonds is 6. The van der Waals surface area contributed by atoms with Gasteiger partial charge in [0.25, 0.3) is 0 Å². The number of imidazole rings is 1. The Kier molecular flexibility index (Phi) is 5.04. The maximum atomic E-state index is 13.0. The Morgan fingerprint density at radius 2 is 1.96 bits per heavy atom. The number of Topliss-reactive ketones (excluding diaryl/α,β-unsaturated/α-hetero) is 1. The van der Waals surface area contributed by atoms with Crippen LogP contribution < -0.4 is 0 Å². The number of thioether (sulfide) groups is 1. The molecule has 0 spiro atoms. The Hall–Kier alpha value is -2.01. The number of fused-ring (bicyclic) bond motifs is 1. The van der Waals surface area contributed by atoms with E-state index < -0.39 is 0 Å².